The number of rotatable bonds is 3. The number of nitriles is 1. The number of aromatic carboxylic acids is 1. The van der Waals surface area contributed by atoms with E-state index in [2.05, 4.69) is 9.97 Å². The Bertz CT molecular complexity index is 772. The molecule has 0 bridgehead atoms. The van der Waals surface area contributed by atoms with Crippen LogP contribution in [0.1, 0.15) is 27.2 Å². The Kier molecular flexibility index (Phi) is 4.46. The number of hydrogen-bond donors (Lipinski definition) is 1. The summed E-state index contributed by atoms with van der Waals surface area (Å²) in [6, 6.07) is 5.16. The van der Waals surface area contributed by atoms with Crippen molar-refractivity contribution in [2.75, 3.05) is 0 Å². The Hall–Kier alpha value is -2.10. The fourth-order valence-electron chi connectivity index (χ4n) is 1.81. The summed E-state index contributed by atoms with van der Waals surface area (Å²) < 4.78 is 0. The maximum absolute atomic E-state index is 11.4. The summed E-state index contributed by atoms with van der Waals surface area (Å²) in [6.07, 6.45) is 1.45. The summed E-state index contributed by atoms with van der Waals surface area (Å²) in [5.41, 5.74) is 1.72. The molecule has 106 valence electrons. The second-order valence-corrected chi connectivity index (χ2v) is 5.61. The van der Waals surface area contributed by atoms with E-state index in [-0.39, 0.29) is 16.1 Å². The number of nitrogens with zero attached hydrogens (tertiary/aromatic N) is 3. The van der Waals surface area contributed by atoms with E-state index in [0.29, 0.717) is 21.3 Å². The maximum atomic E-state index is 11.4. The number of halogens is 1. The smallest absolute Gasteiger partial charge is 0.338 e. The Morgan fingerprint density at radius 2 is 2.14 bits per heavy atom. The molecule has 0 radical (unpaired) electrons. The van der Waals surface area contributed by atoms with Gasteiger partial charge >= 0.3 is 5.97 Å². The first-order chi connectivity index (χ1) is 9.93. The van der Waals surface area contributed by atoms with Crippen LogP contribution in [-0.4, -0.2) is 21.0 Å². The van der Waals surface area contributed by atoms with E-state index in [4.69, 9.17) is 16.9 Å². The molecular weight excluding hydrogens is 310 g/mol. The predicted octanol–water partition coefficient (Wildman–Crippen LogP) is 3.47. The third-order valence-electron chi connectivity index (χ3n) is 2.70. The molecule has 0 aliphatic rings. The van der Waals surface area contributed by atoms with Crippen molar-refractivity contribution in [1.29, 1.82) is 5.26 Å². The van der Waals surface area contributed by atoms with E-state index in [1.807, 2.05) is 6.07 Å². The summed E-state index contributed by atoms with van der Waals surface area (Å²) in [4.78, 5) is 19.7. The lowest BCUT2D eigenvalue weighted by atomic mass is 10.1. The third-order valence-corrected chi connectivity index (χ3v) is 4.18. The van der Waals surface area contributed by atoms with Crippen molar-refractivity contribution < 1.29 is 9.90 Å². The molecule has 0 atom stereocenters. The minimum Gasteiger partial charge on any atom is -0.478 e. The van der Waals surface area contributed by atoms with Crippen molar-refractivity contribution in [3.05, 3.63) is 45.7 Å². The molecule has 2 rings (SSSR count). The van der Waals surface area contributed by atoms with Crippen molar-refractivity contribution in [3.63, 3.8) is 0 Å². The number of aromatic nitrogens is 2. The van der Waals surface area contributed by atoms with Gasteiger partial charge in [-0.2, -0.15) is 5.26 Å². The Morgan fingerprint density at radius 3 is 2.76 bits per heavy atom. The zero-order chi connectivity index (χ0) is 15.6. The van der Waals surface area contributed by atoms with Gasteiger partial charge in [0.05, 0.1) is 16.1 Å². The number of aryl methyl sites for hydroxylation is 2. The van der Waals surface area contributed by atoms with Crippen molar-refractivity contribution >= 4 is 29.3 Å². The van der Waals surface area contributed by atoms with Crippen LogP contribution in [0.5, 0.6) is 0 Å². The fraction of sp³-hybridized carbons (Fsp3) is 0.143. The van der Waals surface area contributed by atoms with Crippen LogP contribution in [0.2, 0.25) is 5.02 Å². The van der Waals surface area contributed by atoms with Gasteiger partial charge in [0, 0.05) is 11.9 Å². The number of carbonyl (C=O) groups is 1. The van der Waals surface area contributed by atoms with Crippen LogP contribution in [0.3, 0.4) is 0 Å². The van der Waals surface area contributed by atoms with Crippen molar-refractivity contribution in [1.82, 2.24) is 9.97 Å². The highest BCUT2D eigenvalue weighted by molar-refractivity contribution is 7.99. The quantitative estimate of drug-likeness (QED) is 0.932. The molecule has 0 aromatic carbocycles. The highest BCUT2D eigenvalue weighted by Crippen LogP contribution is 2.35. The number of carboxylic acids is 1. The Labute approximate surface area is 130 Å². The SMILES string of the molecule is Cc1cc(C)c(C(=O)O)c(Sc2nccc(C#N)c2Cl)n1. The minimum absolute atomic E-state index is 0.117. The second-order valence-electron chi connectivity index (χ2n) is 4.26. The lowest BCUT2D eigenvalue weighted by Gasteiger charge is -2.10. The van der Waals surface area contributed by atoms with Gasteiger partial charge in [-0.05, 0) is 43.3 Å². The van der Waals surface area contributed by atoms with Crippen molar-refractivity contribution in [3.8, 4) is 6.07 Å². The van der Waals surface area contributed by atoms with Crippen LogP contribution >= 0.6 is 23.4 Å². The van der Waals surface area contributed by atoms with Crippen LogP contribution in [0.25, 0.3) is 0 Å². The average Bonchev–Trinajstić information content (AvgIpc) is 2.39. The molecule has 1 N–H and O–H groups in total. The first kappa shape index (κ1) is 15.3. The van der Waals surface area contributed by atoms with E-state index >= 15 is 0 Å². The summed E-state index contributed by atoms with van der Waals surface area (Å²) in [7, 11) is 0. The van der Waals surface area contributed by atoms with Crippen molar-refractivity contribution in [2.24, 2.45) is 0 Å². The molecule has 0 unspecified atom stereocenters. The standard InChI is InChI=1S/C14H10ClN3O2S/c1-7-5-8(2)18-12(10(7)14(19)20)21-13-11(15)9(6-16)3-4-17-13/h3-5H,1-2H3,(H,19,20). The molecule has 0 aliphatic heterocycles. The van der Waals surface area contributed by atoms with Crippen LogP contribution in [-0.2, 0) is 0 Å². The van der Waals surface area contributed by atoms with E-state index in [1.165, 1.54) is 12.3 Å². The zero-order valence-corrected chi connectivity index (χ0v) is 12.8. The maximum Gasteiger partial charge on any atom is 0.338 e. The summed E-state index contributed by atoms with van der Waals surface area (Å²) >= 11 is 7.13. The molecular formula is C14H10ClN3O2S. The molecule has 2 aromatic rings. The molecule has 0 fully saturated rings. The molecule has 21 heavy (non-hydrogen) atoms. The lowest BCUT2D eigenvalue weighted by Crippen LogP contribution is -2.05. The molecule has 2 heterocycles. The van der Waals surface area contributed by atoms with Gasteiger partial charge < -0.3 is 5.11 Å². The molecule has 0 aliphatic carbocycles. The first-order valence-electron chi connectivity index (χ1n) is 5.88. The lowest BCUT2D eigenvalue weighted by molar-refractivity contribution is 0.0691. The molecule has 7 heteroatoms. The highest BCUT2D eigenvalue weighted by Gasteiger charge is 2.19. The minimum atomic E-state index is -1.06. The monoisotopic (exact) mass is 319 g/mol. The normalized spacial score (nSPS) is 10.2. The van der Waals surface area contributed by atoms with Gasteiger partial charge in [0.15, 0.2) is 0 Å². The summed E-state index contributed by atoms with van der Waals surface area (Å²) in [5.74, 6) is -1.06. The summed E-state index contributed by atoms with van der Waals surface area (Å²) in [5, 5.41) is 19.1. The van der Waals surface area contributed by atoms with Gasteiger partial charge in [-0.3, -0.25) is 0 Å². The van der Waals surface area contributed by atoms with Crippen LogP contribution < -0.4 is 0 Å². The van der Waals surface area contributed by atoms with Gasteiger partial charge in [0.2, 0.25) is 0 Å². The molecule has 0 saturated heterocycles. The highest BCUT2D eigenvalue weighted by atomic mass is 35.5. The number of carboxylic acid groups (broad SMARTS) is 1. The largest absolute Gasteiger partial charge is 0.478 e. The molecule has 0 amide bonds. The van der Waals surface area contributed by atoms with Gasteiger partial charge in [-0.15, -0.1) is 0 Å². The van der Waals surface area contributed by atoms with Gasteiger partial charge in [-0.25, -0.2) is 14.8 Å². The Balaban J connectivity index is 2.55. The molecule has 0 saturated carbocycles. The first-order valence-corrected chi connectivity index (χ1v) is 7.07. The van der Waals surface area contributed by atoms with Crippen LogP contribution in [0.15, 0.2) is 28.4 Å². The Morgan fingerprint density at radius 1 is 1.43 bits per heavy atom. The van der Waals surface area contributed by atoms with E-state index in [1.54, 1.807) is 19.9 Å². The fourth-order valence-corrected chi connectivity index (χ4v) is 3.12. The van der Waals surface area contributed by atoms with E-state index in [0.717, 1.165) is 11.8 Å². The van der Waals surface area contributed by atoms with Gasteiger partial charge in [-0.1, -0.05) is 11.6 Å². The summed E-state index contributed by atoms with van der Waals surface area (Å²) in [6.45, 7) is 3.49. The second kappa shape index (κ2) is 6.12. The zero-order valence-electron chi connectivity index (χ0n) is 11.2. The number of hydrogen-bond acceptors (Lipinski definition) is 5. The van der Waals surface area contributed by atoms with Crippen molar-refractivity contribution in [2.45, 2.75) is 23.9 Å². The topological polar surface area (TPSA) is 86.9 Å². The van der Waals surface area contributed by atoms with Gasteiger partial charge in [0.1, 0.15) is 16.1 Å². The van der Waals surface area contributed by atoms with E-state index < -0.39 is 5.97 Å². The van der Waals surface area contributed by atoms with Crippen LogP contribution in [0, 0.1) is 25.2 Å². The average molecular weight is 320 g/mol. The predicted molar refractivity (Wildman–Crippen MR) is 78.8 cm³/mol. The third kappa shape index (κ3) is 3.15. The van der Waals surface area contributed by atoms with E-state index in [9.17, 15) is 9.90 Å². The molecule has 0 spiro atoms. The van der Waals surface area contributed by atoms with Gasteiger partial charge in [0.25, 0.3) is 0 Å². The van der Waals surface area contributed by atoms with Crippen LogP contribution in [0.4, 0.5) is 0 Å². The molecule has 5 nitrogen and oxygen atoms in total. The molecule has 2 aromatic heterocycles. The number of pyridine rings is 2.